The molecule has 0 saturated carbocycles. The Morgan fingerprint density at radius 3 is 2.92 bits per heavy atom. The second-order valence-electron chi connectivity index (χ2n) is 6.13. The third kappa shape index (κ3) is 3.76. The highest BCUT2D eigenvalue weighted by Gasteiger charge is 2.28. The number of nitrogens with two attached hydrogens (primary N) is 1. The van der Waals surface area contributed by atoms with E-state index in [0.29, 0.717) is 36.3 Å². The summed E-state index contributed by atoms with van der Waals surface area (Å²) in [6.45, 7) is 2.72. The molecule has 1 amide bonds. The Morgan fingerprint density at radius 2 is 2.20 bits per heavy atom. The smallest absolute Gasteiger partial charge is 0.252 e. The maximum absolute atomic E-state index is 13.8. The summed E-state index contributed by atoms with van der Waals surface area (Å²) in [5.74, 6) is -0.495. The number of allylic oxidation sites excluding steroid dienone is 1. The first-order valence-electron chi connectivity index (χ1n) is 8.03. The number of carbonyl (C=O) groups is 1. The van der Waals surface area contributed by atoms with Gasteiger partial charge < -0.3 is 10.6 Å². The molecule has 7 heteroatoms. The third-order valence-electron chi connectivity index (χ3n) is 4.34. The van der Waals surface area contributed by atoms with Crippen LogP contribution in [0.1, 0.15) is 30.5 Å². The minimum Gasteiger partial charge on any atom is -0.369 e. The summed E-state index contributed by atoms with van der Waals surface area (Å²) in [4.78, 5) is 32.2. The molecule has 3 N–H and O–H groups in total. The number of nitrogens with one attached hydrogen (secondary N) is 1. The van der Waals surface area contributed by atoms with Crippen LogP contribution in [0.25, 0.3) is 5.57 Å². The molecule has 1 aromatic heterocycles. The number of benzene rings is 1. The van der Waals surface area contributed by atoms with Crippen LogP contribution in [-0.4, -0.2) is 33.9 Å². The molecule has 1 saturated heterocycles. The molecule has 2 heterocycles. The van der Waals surface area contributed by atoms with Gasteiger partial charge in [-0.3, -0.25) is 14.6 Å². The molecule has 1 unspecified atom stereocenters. The molecular formula is C18H19FN4O2. The van der Waals surface area contributed by atoms with Crippen molar-refractivity contribution < 1.29 is 9.18 Å². The van der Waals surface area contributed by atoms with Crippen LogP contribution in [0, 0.1) is 5.82 Å². The number of hydrogen-bond acceptors (Lipinski definition) is 4. The zero-order valence-corrected chi connectivity index (χ0v) is 13.8. The van der Waals surface area contributed by atoms with Crippen molar-refractivity contribution in [3.05, 3.63) is 63.8 Å². The van der Waals surface area contributed by atoms with Gasteiger partial charge in [-0.05, 0) is 25.0 Å². The van der Waals surface area contributed by atoms with E-state index in [0.717, 1.165) is 0 Å². The van der Waals surface area contributed by atoms with Gasteiger partial charge in [0, 0.05) is 36.7 Å². The molecule has 0 bridgehead atoms. The van der Waals surface area contributed by atoms with E-state index in [9.17, 15) is 14.0 Å². The van der Waals surface area contributed by atoms with Gasteiger partial charge in [0.1, 0.15) is 5.82 Å². The molecule has 1 aliphatic heterocycles. The number of likely N-dealkylation sites (tertiary alicyclic amines) is 1. The fraction of sp³-hybridized carbons (Fsp3) is 0.278. The lowest BCUT2D eigenvalue weighted by atomic mass is 10.0. The highest BCUT2D eigenvalue weighted by Crippen LogP contribution is 2.26. The summed E-state index contributed by atoms with van der Waals surface area (Å²) in [6, 6.07) is 7.76. The maximum atomic E-state index is 13.8. The van der Waals surface area contributed by atoms with Crippen LogP contribution >= 0.6 is 0 Å². The van der Waals surface area contributed by atoms with Crippen molar-refractivity contribution in [1.82, 2.24) is 14.9 Å². The lowest BCUT2D eigenvalue weighted by Crippen LogP contribution is -2.27. The molecule has 2 aromatic rings. The number of aromatic amines is 1. The van der Waals surface area contributed by atoms with E-state index in [1.807, 2.05) is 0 Å². The van der Waals surface area contributed by atoms with Crippen LogP contribution in [-0.2, 0) is 4.79 Å². The van der Waals surface area contributed by atoms with Crippen molar-refractivity contribution in [3.63, 3.8) is 0 Å². The Kier molecular flexibility index (Phi) is 4.65. The number of rotatable bonds is 3. The molecule has 0 spiro atoms. The van der Waals surface area contributed by atoms with Crippen molar-refractivity contribution in [2.45, 2.75) is 19.3 Å². The number of nitrogens with zero attached hydrogens (tertiary/aromatic N) is 2. The van der Waals surface area contributed by atoms with E-state index in [1.165, 1.54) is 18.2 Å². The Balaban J connectivity index is 1.73. The van der Waals surface area contributed by atoms with E-state index < -0.39 is 0 Å². The normalized spacial score (nSPS) is 17.8. The zero-order valence-electron chi connectivity index (χ0n) is 13.8. The molecule has 0 radical (unpaired) electrons. The topological polar surface area (TPSA) is 92.1 Å². The van der Waals surface area contributed by atoms with Crippen LogP contribution < -0.4 is 11.3 Å². The molecule has 0 aliphatic carbocycles. The van der Waals surface area contributed by atoms with Crippen LogP contribution in [0.2, 0.25) is 0 Å². The van der Waals surface area contributed by atoms with Crippen molar-refractivity contribution in [2.24, 2.45) is 0 Å². The van der Waals surface area contributed by atoms with Gasteiger partial charge >= 0.3 is 0 Å². The quantitative estimate of drug-likeness (QED) is 0.834. The van der Waals surface area contributed by atoms with Gasteiger partial charge in [0.05, 0.1) is 5.69 Å². The van der Waals surface area contributed by atoms with E-state index in [4.69, 9.17) is 5.73 Å². The Labute approximate surface area is 144 Å². The SMILES string of the molecule is C/C(=C\C(=O)N1CCC(c2cc(=O)[nH]c(N)n2)C1)c1ccccc1F. The van der Waals surface area contributed by atoms with Crippen LogP contribution in [0.15, 0.2) is 41.2 Å². The second-order valence-corrected chi connectivity index (χ2v) is 6.13. The lowest BCUT2D eigenvalue weighted by molar-refractivity contribution is -0.125. The van der Waals surface area contributed by atoms with Crippen LogP contribution in [0.5, 0.6) is 0 Å². The fourth-order valence-corrected chi connectivity index (χ4v) is 3.04. The predicted molar refractivity (Wildman–Crippen MR) is 93.3 cm³/mol. The van der Waals surface area contributed by atoms with Gasteiger partial charge in [-0.2, -0.15) is 0 Å². The number of halogens is 1. The standard InChI is InChI=1S/C18H19FN4O2/c1-11(13-4-2-3-5-14(13)19)8-17(25)23-7-6-12(10-23)15-9-16(24)22-18(20)21-15/h2-5,8-9,12H,6-7,10H2,1H3,(H3,20,21,22,24)/b11-8+. The van der Waals surface area contributed by atoms with Gasteiger partial charge in [-0.1, -0.05) is 18.2 Å². The van der Waals surface area contributed by atoms with E-state index in [1.54, 1.807) is 30.0 Å². The second kappa shape index (κ2) is 6.88. The van der Waals surface area contributed by atoms with Crippen molar-refractivity contribution >= 4 is 17.4 Å². The highest BCUT2D eigenvalue weighted by molar-refractivity contribution is 5.95. The van der Waals surface area contributed by atoms with E-state index in [2.05, 4.69) is 9.97 Å². The summed E-state index contributed by atoms with van der Waals surface area (Å²) in [7, 11) is 0. The highest BCUT2D eigenvalue weighted by atomic mass is 19.1. The average molecular weight is 342 g/mol. The van der Waals surface area contributed by atoms with Crippen molar-refractivity contribution in [1.29, 1.82) is 0 Å². The summed E-state index contributed by atoms with van der Waals surface area (Å²) in [5.41, 5.74) is 6.85. The molecule has 3 rings (SSSR count). The first-order chi connectivity index (χ1) is 11.9. The summed E-state index contributed by atoms with van der Waals surface area (Å²) < 4.78 is 13.8. The number of anilines is 1. The van der Waals surface area contributed by atoms with Gasteiger partial charge in [-0.15, -0.1) is 0 Å². The summed E-state index contributed by atoms with van der Waals surface area (Å²) >= 11 is 0. The first-order valence-corrected chi connectivity index (χ1v) is 8.03. The van der Waals surface area contributed by atoms with E-state index >= 15 is 0 Å². The number of hydrogen-bond donors (Lipinski definition) is 2. The Hall–Kier alpha value is -2.96. The Bertz CT molecular complexity index is 891. The molecule has 1 fully saturated rings. The van der Waals surface area contributed by atoms with Gasteiger partial charge in [0.15, 0.2) is 0 Å². The molecular weight excluding hydrogens is 323 g/mol. The monoisotopic (exact) mass is 342 g/mol. The number of nitrogen functional groups attached to an aromatic ring is 1. The zero-order chi connectivity index (χ0) is 18.0. The molecule has 130 valence electrons. The van der Waals surface area contributed by atoms with Gasteiger partial charge in [-0.25, -0.2) is 9.37 Å². The molecule has 1 atom stereocenters. The van der Waals surface area contributed by atoms with E-state index in [-0.39, 0.29) is 29.1 Å². The van der Waals surface area contributed by atoms with Crippen molar-refractivity contribution in [2.75, 3.05) is 18.8 Å². The van der Waals surface area contributed by atoms with Gasteiger partial charge in [0.2, 0.25) is 11.9 Å². The minimum absolute atomic E-state index is 0.0317. The largest absolute Gasteiger partial charge is 0.369 e. The van der Waals surface area contributed by atoms with Crippen LogP contribution in [0.3, 0.4) is 0 Å². The number of aromatic nitrogens is 2. The third-order valence-corrected chi connectivity index (χ3v) is 4.34. The van der Waals surface area contributed by atoms with Crippen molar-refractivity contribution in [3.8, 4) is 0 Å². The molecule has 1 aromatic carbocycles. The van der Waals surface area contributed by atoms with Gasteiger partial charge in [0.25, 0.3) is 5.56 Å². The number of H-pyrrole nitrogens is 1. The predicted octanol–water partition coefficient (Wildman–Crippen LogP) is 1.91. The summed E-state index contributed by atoms with van der Waals surface area (Å²) in [6.07, 6.45) is 2.15. The molecule has 1 aliphatic rings. The minimum atomic E-state index is -0.355. The Morgan fingerprint density at radius 1 is 1.44 bits per heavy atom. The fourth-order valence-electron chi connectivity index (χ4n) is 3.04. The first kappa shape index (κ1) is 16.9. The van der Waals surface area contributed by atoms with Crippen LogP contribution in [0.4, 0.5) is 10.3 Å². The molecule has 25 heavy (non-hydrogen) atoms. The summed E-state index contributed by atoms with van der Waals surface area (Å²) in [5, 5.41) is 0. The number of amides is 1. The number of carbonyl (C=O) groups excluding carboxylic acids is 1. The molecule has 6 nitrogen and oxygen atoms in total. The average Bonchev–Trinajstić information content (AvgIpc) is 3.04. The lowest BCUT2D eigenvalue weighted by Gasteiger charge is -2.15. The maximum Gasteiger partial charge on any atom is 0.252 e.